The van der Waals surface area contributed by atoms with Crippen LogP contribution in [0.15, 0.2) is 42.5 Å². The summed E-state index contributed by atoms with van der Waals surface area (Å²) in [5.74, 6) is 1.33. The summed E-state index contributed by atoms with van der Waals surface area (Å²) in [5, 5.41) is 3.18. The Labute approximate surface area is 168 Å². The zero-order valence-corrected chi connectivity index (χ0v) is 17.5. The van der Waals surface area contributed by atoms with Gasteiger partial charge in [-0.1, -0.05) is 48.9 Å². The quantitative estimate of drug-likeness (QED) is 0.801. The second-order valence-electron chi connectivity index (χ2n) is 8.01. The normalized spacial score (nSPS) is 16.6. The van der Waals surface area contributed by atoms with E-state index in [1.54, 1.807) is 7.11 Å². The minimum Gasteiger partial charge on any atom is -0.496 e. The van der Waals surface area contributed by atoms with E-state index < -0.39 is 0 Å². The first kappa shape index (κ1) is 20.4. The number of nitrogens with one attached hydrogen (secondary N) is 1. The smallest absolute Gasteiger partial charge is 0.255 e. The molecule has 2 aromatic rings. The van der Waals surface area contributed by atoms with Crippen LogP contribution in [0.25, 0.3) is 0 Å². The molecule has 1 unspecified atom stereocenters. The van der Waals surface area contributed by atoms with Crippen LogP contribution in [0, 0.1) is 19.8 Å². The first-order chi connectivity index (χ1) is 13.5. The fourth-order valence-electron chi connectivity index (χ4n) is 3.97. The fourth-order valence-corrected chi connectivity index (χ4v) is 3.97. The number of carbonyl (C=O) groups is 1. The summed E-state index contributed by atoms with van der Waals surface area (Å²) in [6.45, 7) is 9.11. The van der Waals surface area contributed by atoms with Crippen LogP contribution in [0.5, 0.6) is 5.75 Å². The Balaban J connectivity index is 1.78. The van der Waals surface area contributed by atoms with Crippen LogP contribution in [0.1, 0.15) is 52.9 Å². The van der Waals surface area contributed by atoms with Gasteiger partial charge >= 0.3 is 0 Å². The van der Waals surface area contributed by atoms with Crippen LogP contribution < -0.4 is 10.1 Å². The molecule has 1 N–H and O–H groups in total. The van der Waals surface area contributed by atoms with E-state index in [2.05, 4.69) is 48.3 Å². The Morgan fingerprint density at radius 1 is 1.14 bits per heavy atom. The number of benzene rings is 2. The lowest BCUT2D eigenvalue weighted by Crippen LogP contribution is -2.42. The summed E-state index contributed by atoms with van der Waals surface area (Å²) in [6, 6.07) is 14.6. The summed E-state index contributed by atoms with van der Waals surface area (Å²) < 4.78 is 5.41. The maximum absolute atomic E-state index is 13.0. The second-order valence-corrected chi connectivity index (χ2v) is 8.01. The molecule has 4 nitrogen and oxygen atoms in total. The molecule has 0 aliphatic carbocycles. The molecule has 150 valence electrons. The predicted octanol–water partition coefficient (Wildman–Crippen LogP) is 4.52. The molecular formula is C24H32N2O2. The van der Waals surface area contributed by atoms with Gasteiger partial charge in [-0.2, -0.15) is 0 Å². The van der Waals surface area contributed by atoms with Crippen molar-refractivity contribution in [1.29, 1.82) is 0 Å². The maximum Gasteiger partial charge on any atom is 0.255 e. The second kappa shape index (κ2) is 9.24. The molecule has 28 heavy (non-hydrogen) atoms. The Hall–Kier alpha value is -2.33. The minimum atomic E-state index is -0.0718. The fraction of sp³-hybridized carbons (Fsp3) is 0.458. The summed E-state index contributed by atoms with van der Waals surface area (Å²) in [6.07, 6.45) is 2.42. The zero-order valence-electron chi connectivity index (χ0n) is 17.5. The van der Waals surface area contributed by atoms with Crippen molar-refractivity contribution in [2.24, 2.45) is 5.92 Å². The van der Waals surface area contributed by atoms with Crippen molar-refractivity contribution in [1.82, 2.24) is 10.2 Å². The van der Waals surface area contributed by atoms with Gasteiger partial charge in [-0.25, -0.2) is 0 Å². The maximum atomic E-state index is 13.0. The summed E-state index contributed by atoms with van der Waals surface area (Å²) in [7, 11) is 1.61. The highest BCUT2D eigenvalue weighted by Gasteiger charge is 2.26. The number of piperidine rings is 1. The van der Waals surface area contributed by atoms with E-state index in [0.717, 1.165) is 24.6 Å². The van der Waals surface area contributed by atoms with E-state index in [-0.39, 0.29) is 11.9 Å². The average molecular weight is 381 g/mol. The molecule has 0 radical (unpaired) electrons. The van der Waals surface area contributed by atoms with Crippen molar-refractivity contribution in [3.8, 4) is 5.75 Å². The van der Waals surface area contributed by atoms with Crippen molar-refractivity contribution in [2.75, 3.05) is 26.7 Å². The summed E-state index contributed by atoms with van der Waals surface area (Å²) in [4.78, 5) is 15.5. The number of nitrogens with zero attached hydrogens (tertiary/aromatic N) is 1. The largest absolute Gasteiger partial charge is 0.496 e. The van der Waals surface area contributed by atoms with Crippen LogP contribution >= 0.6 is 0 Å². The van der Waals surface area contributed by atoms with E-state index in [9.17, 15) is 4.79 Å². The molecule has 1 heterocycles. The Bertz CT molecular complexity index is 793. The molecule has 1 atom stereocenters. The number of amides is 1. The molecule has 1 saturated heterocycles. The van der Waals surface area contributed by atoms with Gasteiger partial charge in [0.05, 0.1) is 18.7 Å². The molecule has 2 aromatic carbocycles. The molecule has 0 aromatic heterocycles. The van der Waals surface area contributed by atoms with Crippen molar-refractivity contribution in [3.63, 3.8) is 0 Å². The standard InChI is InChI=1S/C24H32N2O2/c1-17-8-10-20(11-9-17)21(26-14-12-18(2)13-15-26)16-25-24(27)23-19(3)6-5-7-22(23)28-4/h5-11,18,21H,12-16H2,1-4H3,(H,25,27). The number of rotatable bonds is 6. The van der Waals surface area contributed by atoms with Crippen molar-refractivity contribution in [2.45, 2.75) is 39.7 Å². The monoisotopic (exact) mass is 380 g/mol. The van der Waals surface area contributed by atoms with Crippen LogP contribution in [0.2, 0.25) is 0 Å². The van der Waals surface area contributed by atoms with Gasteiger partial charge in [-0.05, 0) is 62.9 Å². The van der Waals surface area contributed by atoms with Crippen molar-refractivity contribution in [3.05, 3.63) is 64.7 Å². The molecule has 1 amide bonds. The van der Waals surface area contributed by atoms with Gasteiger partial charge in [0.25, 0.3) is 5.91 Å². The minimum absolute atomic E-state index is 0.0718. The number of likely N-dealkylation sites (tertiary alicyclic amines) is 1. The lowest BCUT2D eigenvalue weighted by molar-refractivity contribution is 0.0909. The highest BCUT2D eigenvalue weighted by molar-refractivity contribution is 5.98. The van der Waals surface area contributed by atoms with Gasteiger partial charge in [-0.3, -0.25) is 9.69 Å². The lowest BCUT2D eigenvalue weighted by Gasteiger charge is -2.37. The van der Waals surface area contributed by atoms with Gasteiger partial charge < -0.3 is 10.1 Å². The molecular weight excluding hydrogens is 348 g/mol. The highest BCUT2D eigenvalue weighted by atomic mass is 16.5. The molecule has 1 aliphatic heterocycles. The van der Waals surface area contributed by atoms with Gasteiger partial charge in [0, 0.05) is 6.54 Å². The zero-order chi connectivity index (χ0) is 20.1. The van der Waals surface area contributed by atoms with Crippen LogP contribution in [0.4, 0.5) is 0 Å². The van der Waals surface area contributed by atoms with Gasteiger partial charge in [0.15, 0.2) is 0 Å². The first-order valence-electron chi connectivity index (χ1n) is 10.2. The van der Waals surface area contributed by atoms with Gasteiger partial charge in [-0.15, -0.1) is 0 Å². The van der Waals surface area contributed by atoms with Crippen LogP contribution in [-0.2, 0) is 0 Å². The molecule has 4 heteroatoms. The topological polar surface area (TPSA) is 41.6 Å². The van der Waals surface area contributed by atoms with E-state index in [0.29, 0.717) is 17.9 Å². The number of hydrogen-bond donors (Lipinski definition) is 1. The van der Waals surface area contributed by atoms with Gasteiger partial charge in [0.1, 0.15) is 5.75 Å². The van der Waals surface area contributed by atoms with Crippen molar-refractivity contribution < 1.29 is 9.53 Å². The molecule has 3 rings (SSSR count). The lowest BCUT2D eigenvalue weighted by atomic mass is 9.95. The third-order valence-corrected chi connectivity index (χ3v) is 5.86. The summed E-state index contributed by atoms with van der Waals surface area (Å²) in [5.41, 5.74) is 4.07. The molecule has 0 saturated carbocycles. The predicted molar refractivity (Wildman–Crippen MR) is 114 cm³/mol. The number of aryl methyl sites for hydroxylation is 2. The van der Waals surface area contributed by atoms with Crippen molar-refractivity contribution >= 4 is 5.91 Å². The van der Waals surface area contributed by atoms with E-state index in [1.165, 1.54) is 24.0 Å². The number of ether oxygens (including phenoxy) is 1. The number of methoxy groups -OCH3 is 1. The number of hydrogen-bond acceptors (Lipinski definition) is 3. The molecule has 0 bridgehead atoms. The first-order valence-corrected chi connectivity index (χ1v) is 10.2. The van der Waals surface area contributed by atoms with Crippen LogP contribution in [0.3, 0.4) is 0 Å². The molecule has 0 spiro atoms. The average Bonchev–Trinajstić information content (AvgIpc) is 2.70. The van der Waals surface area contributed by atoms with E-state index in [4.69, 9.17) is 4.74 Å². The third-order valence-electron chi connectivity index (χ3n) is 5.86. The highest BCUT2D eigenvalue weighted by Crippen LogP contribution is 2.27. The SMILES string of the molecule is COc1cccc(C)c1C(=O)NCC(c1ccc(C)cc1)N1CCC(C)CC1. The van der Waals surface area contributed by atoms with E-state index >= 15 is 0 Å². The Morgan fingerprint density at radius 3 is 2.46 bits per heavy atom. The Kier molecular flexibility index (Phi) is 6.74. The van der Waals surface area contributed by atoms with Gasteiger partial charge in [0.2, 0.25) is 0 Å². The third kappa shape index (κ3) is 4.74. The van der Waals surface area contributed by atoms with E-state index in [1.807, 2.05) is 25.1 Å². The summed E-state index contributed by atoms with van der Waals surface area (Å²) >= 11 is 0. The molecule has 1 fully saturated rings. The Morgan fingerprint density at radius 2 is 1.82 bits per heavy atom. The molecule has 1 aliphatic rings. The van der Waals surface area contributed by atoms with Crippen LogP contribution in [-0.4, -0.2) is 37.6 Å². The number of carbonyl (C=O) groups excluding carboxylic acids is 1.